The number of nitrogens with one attached hydrogen (secondary N) is 2. The monoisotopic (exact) mass is 383 g/mol. The van der Waals surface area contributed by atoms with Crippen LogP contribution in [0.15, 0.2) is 48.5 Å². The first-order chi connectivity index (χ1) is 14.2. The molecule has 2 aromatic carbocycles. The molecule has 3 heterocycles. The summed E-state index contributed by atoms with van der Waals surface area (Å²) in [4.78, 5) is 21.6. The van der Waals surface area contributed by atoms with Gasteiger partial charge in [0.15, 0.2) is 11.5 Å². The van der Waals surface area contributed by atoms with Crippen LogP contribution in [0.1, 0.15) is 18.4 Å². The Morgan fingerprint density at radius 3 is 2.93 bits per heavy atom. The molecule has 8 heteroatoms. The highest BCUT2D eigenvalue weighted by molar-refractivity contribution is 5.93. The molecule has 0 aliphatic carbocycles. The second kappa shape index (κ2) is 6.87. The lowest BCUT2D eigenvalue weighted by Crippen LogP contribution is -2.44. The highest BCUT2D eigenvalue weighted by Gasteiger charge is 2.24. The van der Waals surface area contributed by atoms with E-state index in [0.29, 0.717) is 29.5 Å². The number of anilines is 1. The normalized spacial score (nSPS) is 16.5. The van der Waals surface area contributed by atoms with E-state index in [-0.39, 0.29) is 11.9 Å². The van der Waals surface area contributed by atoms with Crippen molar-refractivity contribution in [3.8, 4) is 17.5 Å². The molecule has 0 unspecified atom stereocenters. The maximum absolute atomic E-state index is 12.2. The standard InChI is InChI=1S/C21H17N7O/c22-12-13-5-3-6-14(11-13)18-26-19-15-7-1-2-8-16(15)24-21(28(19)27-18)25-17-9-4-10-23-20(17)29/h1-3,5-8,11,17H,4,9-10H2,(H,23,29)(H,24,25)/t17-/m1/s1. The molecule has 8 nitrogen and oxygen atoms in total. The Morgan fingerprint density at radius 2 is 2.07 bits per heavy atom. The molecule has 4 aromatic rings. The van der Waals surface area contributed by atoms with Crippen LogP contribution in [0.4, 0.5) is 5.95 Å². The molecule has 1 saturated heterocycles. The summed E-state index contributed by atoms with van der Waals surface area (Å²) in [6.45, 7) is 0.695. The van der Waals surface area contributed by atoms with Crippen molar-refractivity contribution in [3.63, 3.8) is 0 Å². The number of amides is 1. The van der Waals surface area contributed by atoms with Crippen LogP contribution >= 0.6 is 0 Å². The van der Waals surface area contributed by atoms with Gasteiger partial charge in [0.1, 0.15) is 6.04 Å². The average molecular weight is 383 g/mol. The van der Waals surface area contributed by atoms with Gasteiger partial charge < -0.3 is 10.6 Å². The second-order valence-electron chi connectivity index (χ2n) is 6.95. The summed E-state index contributed by atoms with van der Waals surface area (Å²) in [5.74, 6) is 0.925. The van der Waals surface area contributed by atoms with Crippen molar-refractivity contribution < 1.29 is 4.79 Å². The topological polar surface area (TPSA) is 108 Å². The van der Waals surface area contributed by atoms with Crippen LogP contribution in [-0.4, -0.2) is 38.1 Å². The third-order valence-corrected chi connectivity index (χ3v) is 5.02. The zero-order valence-electron chi connectivity index (χ0n) is 15.5. The van der Waals surface area contributed by atoms with Crippen LogP contribution in [0.2, 0.25) is 0 Å². The zero-order chi connectivity index (χ0) is 19.8. The Labute approximate surface area is 166 Å². The summed E-state index contributed by atoms with van der Waals surface area (Å²) in [5, 5.41) is 20.8. The smallest absolute Gasteiger partial charge is 0.242 e. The SMILES string of the molecule is N#Cc1cccc(-c2nc3c4ccccc4nc(N[C@@H]4CCCNC4=O)n3n2)c1. The lowest BCUT2D eigenvalue weighted by atomic mass is 10.1. The number of nitriles is 1. The van der Waals surface area contributed by atoms with Crippen LogP contribution in [0.5, 0.6) is 0 Å². The lowest BCUT2D eigenvalue weighted by Gasteiger charge is -2.23. The van der Waals surface area contributed by atoms with E-state index < -0.39 is 0 Å². The van der Waals surface area contributed by atoms with E-state index in [1.54, 1.807) is 16.6 Å². The van der Waals surface area contributed by atoms with Gasteiger partial charge in [-0.1, -0.05) is 24.3 Å². The van der Waals surface area contributed by atoms with E-state index in [0.717, 1.165) is 29.3 Å². The zero-order valence-corrected chi connectivity index (χ0v) is 15.5. The Bertz CT molecular complexity index is 1290. The van der Waals surface area contributed by atoms with Gasteiger partial charge in [0.25, 0.3) is 0 Å². The molecular formula is C21H17N7O. The highest BCUT2D eigenvalue weighted by Crippen LogP contribution is 2.25. The lowest BCUT2D eigenvalue weighted by molar-refractivity contribution is -0.123. The molecule has 0 saturated carbocycles. The maximum Gasteiger partial charge on any atom is 0.242 e. The summed E-state index contributed by atoms with van der Waals surface area (Å²) in [6.07, 6.45) is 1.64. The van der Waals surface area contributed by atoms with Crippen LogP contribution in [0, 0.1) is 11.3 Å². The second-order valence-corrected chi connectivity index (χ2v) is 6.95. The first kappa shape index (κ1) is 17.1. The van der Waals surface area contributed by atoms with Crippen molar-refractivity contribution in [2.45, 2.75) is 18.9 Å². The highest BCUT2D eigenvalue weighted by atomic mass is 16.2. The van der Waals surface area contributed by atoms with E-state index in [4.69, 9.17) is 4.98 Å². The van der Waals surface area contributed by atoms with Gasteiger partial charge in [0, 0.05) is 17.5 Å². The minimum absolute atomic E-state index is 0.0404. The number of hydrogen-bond donors (Lipinski definition) is 2. The maximum atomic E-state index is 12.2. The number of para-hydroxylation sites is 1. The van der Waals surface area contributed by atoms with E-state index in [2.05, 4.69) is 26.8 Å². The van der Waals surface area contributed by atoms with Gasteiger partial charge in [0.2, 0.25) is 11.9 Å². The minimum atomic E-state index is -0.366. The van der Waals surface area contributed by atoms with Crippen molar-refractivity contribution in [1.82, 2.24) is 24.9 Å². The summed E-state index contributed by atoms with van der Waals surface area (Å²) in [6, 6.07) is 16.6. The Hall–Kier alpha value is -3.99. The summed E-state index contributed by atoms with van der Waals surface area (Å²) in [5.41, 5.74) is 2.70. The van der Waals surface area contributed by atoms with Gasteiger partial charge in [-0.25, -0.2) is 9.97 Å². The van der Waals surface area contributed by atoms with E-state index in [1.165, 1.54) is 0 Å². The predicted molar refractivity (Wildman–Crippen MR) is 108 cm³/mol. The summed E-state index contributed by atoms with van der Waals surface area (Å²) in [7, 11) is 0. The number of piperidine rings is 1. The third kappa shape index (κ3) is 3.02. The van der Waals surface area contributed by atoms with Gasteiger partial charge in [-0.3, -0.25) is 4.79 Å². The van der Waals surface area contributed by atoms with Gasteiger partial charge in [0.05, 0.1) is 17.1 Å². The molecule has 0 radical (unpaired) electrons. The molecule has 5 rings (SSSR count). The van der Waals surface area contributed by atoms with E-state index in [1.807, 2.05) is 36.4 Å². The largest absolute Gasteiger partial charge is 0.354 e. The molecule has 1 aliphatic heterocycles. The molecule has 1 fully saturated rings. The first-order valence-corrected chi connectivity index (χ1v) is 9.43. The molecule has 1 amide bonds. The number of hydrogen-bond acceptors (Lipinski definition) is 6. The summed E-state index contributed by atoms with van der Waals surface area (Å²) < 4.78 is 1.64. The molecule has 2 N–H and O–H groups in total. The van der Waals surface area contributed by atoms with Crippen LogP contribution in [0.25, 0.3) is 27.9 Å². The molecular weight excluding hydrogens is 366 g/mol. The number of rotatable bonds is 3. The van der Waals surface area contributed by atoms with Gasteiger partial charge in [-0.05, 0) is 37.1 Å². The van der Waals surface area contributed by atoms with Crippen LogP contribution in [0.3, 0.4) is 0 Å². The number of nitrogens with zero attached hydrogens (tertiary/aromatic N) is 5. The fraction of sp³-hybridized carbons (Fsp3) is 0.190. The van der Waals surface area contributed by atoms with Crippen molar-refractivity contribution in [3.05, 3.63) is 54.1 Å². The fourth-order valence-electron chi connectivity index (χ4n) is 3.56. The fourth-order valence-corrected chi connectivity index (χ4v) is 3.56. The van der Waals surface area contributed by atoms with Crippen LogP contribution < -0.4 is 10.6 Å². The quantitative estimate of drug-likeness (QED) is 0.563. The average Bonchev–Trinajstić information content (AvgIpc) is 3.22. The minimum Gasteiger partial charge on any atom is -0.354 e. The van der Waals surface area contributed by atoms with Gasteiger partial charge in [-0.15, -0.1) is 5.10 Å². The Balaban J connectivity index is 1.68. The molecule has 29 heavy (non-hydrogen) atoms. The summed E-state index contributed by atoms with van der Waals surface area (Å²) >= 11 is 0. The first-order valence-electron chi connectivity index (χ1n) is 9.43. The van der Waals surface area contributed by atoms with Crippen LogP contribution in [-0.2, 0) is 4.79 Å². The molecule has 1 atom stereocenters. The Morgan fingerprint density at radius 1 is 1.17 bits per heavy atom. The van der Waals surface area contributed by atoms with Gasteiger partial charge >= 0.3 is 0 Å². The van der Waals surface area contributed by atoms with Crippen molar-refractivity contribution >= 4 is 28.4 Å². The van der Waals surface area contributed by atoms with E-state index >= 15 is 0 Å². The van der Waals surface area contributed by atoms with Gasteiger partial charge in [-0.2, -0.15) is 9.78 Å². The third-order valence-electron chi connectivity index (χ3n) is 5.02. The predicted octanol–water partition coefficient (Wildman–Crippen LogP) is 2.51. The number of carbonyl (C=O) groups excluding carboxylic acids is 1. The molecule has 0 spiro atoms. The van der Waals surface area contributed by atoms with Crippen molar-refractivity contribution in [2.24, 2.45) is 0 Å². The molecule has 0 bridgehead atoms. The number of carbonyl (C=O) groups is 1. The number of benzene rings is 2. The number of fused-ring (bicyclic) bond motifs is 3. The molecule has 2 aromatic heterocycles. The number of aromatic nitrogens is 4. The molecule has 1 aliphatic rings. The Kier molecular flexibility index (Phi) is 4.06. The van der Waals surface area contributed by atoms with Crippen molar-refractivity contribution in [1.29, 1.82) is 5.26 Å². The van der Waals surface area contributed by atoms with Crippen molar-refractivity contribution in [2.75, 3.05) is 11.9 Å². The molecule has 142 valence electrons. The van der Waals surface area contributed by atoms with E-state index in [9.17, 15) is 10.1 Å².